The molecule has 1 atom stereocenters. The summed E-state index contributed by atoms with van der Waals surface area (Å²) in [5.74, 6) is 0.882. The topological polar surface area (TPSA) is 87.9 Å². The SMILES string of the molecule is Cc1c(-c2nccc3cnc(N[C@@H]4CCNC4)cc23)ccc2c1cnn2CC(C)(C)O. The highest BCUT2D eigenvalue weighted by Crippen LogP contribution is 2.33. The first-order chi connectivity index (χ1) is 14.9. The summed E-state index contributed by atoms with van der Waals surface area (Å²) in [6, 6.07) is 8.70. The van der Waals surface area contributed by atoms with Gasteiger partial charge in [-0.2, -0.15) is 5.10 Å². The van der Waals surface area contributed by atoms with Crippen molar-refractivity contribution >= 4 is 27.5 Å². The maximum Gasteiger partial charge on any atom is 0.126 e. The minimum atomic E-state index is -0.825. The Morgan fingerprint density at radius 2 is 2.06 bits per heavy atom. The van der Waals surface area contributed by atoms with Crippen LogP contribution in [0.1, 0.15) is 25.8 Å². The zero-order chi connectivity index (χ0) is 21.6. The van der Waals surface area contributed by atoms with Crippen molar-refractivity contribution in [3.05, 3.63) is 48.4 Å². The number of aryl methyl sites for hydroxylation is 1. The fourth-order valence-electron chi connectivity index (χ4n) is 4.39. The van der Waals surface area contributed by atoms with Crippen molar-refractivity contribution < 1.29 is 5.11 Å². The van der Waals surface area contributed by atoms with Crippen LogP contribution >= 0.6 is 0 Å². The van der Waals surface area contributed by atoms with Crippen LogP contribution in [0.25, 0.3) is 32.9 Å². The molecule has 4 aromatic rings. The molecule has 31 heavy (non-hydrogen) atoms. The average molecular weight is 417 g/mol. The van der Waals surface area contributed by atoms with Gasteiger partial charge in [-0.3, -0.25) is 9.67 Å². The molecule has 1 fully saturated rings. The fraction of sp³-hybridized carbons (Fsp3) is 0.375. The summed E-state index contributed by atoms with van der Waals surface area (Å²) in [5.41, 5.74) is 3.35. The first-order valence-electron chi connectivity index (χ1n) is 10.8. The maximum atomic E-state index is 10.2. The summed E-state index contributed by atoms with van der Waals surface area (Å²) in [5, 5.41) is 24.9. The second-order valence-corrected chi connectivity index (χ2v) is 9.07. The van der Waals surface area contributed by atoms with Gasteiger partial charge in [-0.15, -0.1) is 0 Å². The van der Waals surface area contributed by atoms with Gasteiger partial charge in [0.15, 0.2) is 0 Å². The Morgan fingerprint density at radius 1 is 1.19 bits per heavy atom. The van der Waals surface area contributed by atoms with Crippen LogP contribution in [-0.4, -0.2) is 49.6 Å². The molecule has 1 saturated heterocycles. The monoisotopic (exact) mass is 416 g/mol. The Morgan fingerprint density at radius 3 is 2.84 bits per heavy atom. The molecule has 3 aromatic heterocycles. The van der Waals surface area contributed by atoms with Crippen molar-refractivity contribution in [2.24, 2.45) is 0 Å². The third kappa shape index (κ3) is 3.86. The number of hydrogen-bond donors (Lipinski definition) is 3. The predicted molar refractivity (Wildman–Crippen MR) is 124 cm³/mol. The van der Waals surface area contributed by atoms with Gasteiger partial charge in [0.25, 0.3) is 0 Å². The van der Waals surface area contributed by atoms with E-state index in [1.165, 1.54) is 0 Å². The predicted octanol–water partition coefficient (Wildman–Crippen LogP) is 3.50. The highest BCUT2D eigenvalue weighted by Gasteiger charge is 2.19. The number of aromatic nitrogens is 4. The second kappa shape index (κ2) is 7.59. The van der Waals surface area contributed by atoms with Crippen LogP contribution in [0.5, 0.6) is 0 Å². The number of rotatable bonds is 5. The van der Waals surface area contributed by atoms with Gasteiger partial charge in [0, 0.05) is 46.7 Å². The third-order valence-corrected chi connectivity index (χ3v) is 5.95. The lowest BCUT2D eigenvalue weighted by Crippen LogP contribution is -2.26. The Kier molecular flexibility index (Phi) is 4.87. The molecular weight excluding hydrogens is 388 g/mol. The molecule has 0 amide bonds. The number of aliphatic hydroxyl groups is 1. The van der Waals surface area contributed by atoms with E-state index in [2.05, 4.69) is 45.8 Å². The first-order valence-corrected chi connectivity index (χ1v) is 10.8. The lowest BCUT2D eigenvalue weighted by Gasteiger charge is -2.18. The first kappa shape index (κ1) is 19.9. The normalized spacial score (nSPS) is 17.0. The lowest BCUT2D eigenvalue weighted by molar-refractivity contribution is 0.0591. The molecule has 1 aliphatic heterocycles. The summed E-state index contributed by atoms with van der Waals surface area (Å²) >= 11 is 0. The van der Waals surface area contributed by atoms with Crippen molar-refractivity contribution in [2.45, 2.75) is 45.4 Å². The molecule has 7 heteroatoms. The largest absolute Gasteiger partial charge is 0.389 e. The van der Waals surface area contributed by atoms with E-state index in [1.54, 1.807) is 13.8 Å². The number of hydrogen-bond acceptors (Lipinski definition) is 6. The highest BCUT2D eigenvalue weighted by atomic mass is 16.3. The molecule has 0 bridgehead atoms. The molecule has 5 rings (SSSR count). The van der Waals surface area contributed by atoms with Crippen molar-refractivity contribution in [3.63, 3.8) is 0 Å². The Balaban J connectivity index is 1.58. The van der Waals surface area contributed by atoms with E-state index in [1.807, 2.05) is 29.3 Å². The number of benzene rings is 1. The molecule has 0 saturated carbocycles. The van der Waals surface area contributed by atoms with Gasteiger partial charge < -0.3 is 15.7 Å². The molecule has 0 unspecified atom stereocenters. The molecule has 0 aliphatic carbocycles. The van der Waals surface area contributed by atoms with Crippen molar-refractivity contribution in [2.75, 3.05) is 18.4 Å². The van der Waals surface area contributed by atoms with E-state index in [9.17, 15) is 5.11 Å². The molecule has 1 aliphatic rings. The fourth-order valence-corrected chi connectivity index (χ4v) is 4.39. The van der Waals surface area contributed by atoms with Crippen molar-refractivity contribution in [3.8, 4) is 11.3 Å². The van der Waals surface area contributed by atoms with Crippen LogP contribution in [0.4, 0.5) is 5.82 Å². The quantitative estimate of drug-likeness (QED) is 0.462. The van der Waals surface area contributed by atoms with E-state index >= 15 is 0 Å². The van der Waals surface area contributed by atoms with Gasteiger partial charge >= 0.3 is 0 Å². The molecule has 160 valence electrons. The van der Waals surface area contributed by atoms with Crippen LogP contribution in [0.2, 0.25) is 0 Å². The van der Waals surface area contributed by atoms with Gasteiger partial charge in [0.2, 0.25) is 0 Å². The second-order valence-electron chi connectivity index (χ2n) is 9.07. The molecule has 3 N–H and O–H groups in total. The van der Waals surface area contributed by atoms with Gasteiger partial charge in [-0.25, -0.2) is 4.98 Å². The lowest BCUT2D eigenvalue weighted by atomic mass is 9.98. The number of pyridine rings is 2. The van der Waals surface area contributed by atoms with E-state index < -0.39 is 5.60 Å². The van der Waals surface area contributed by atoms with Crippen molar-refractivity contribution in [1.82, 2.24) is 25.1 Å². The number of fused-ring (bicyclic) bond motifs is 2. The number of anilines is 1. The Bertz CT molecular complexity index is 1250. The molecule has 4 heterocycles. The smallest absolute Gasteiger partial charge is 0.126 e. The van der Waals surface area contributed by atoms with Crippen molar-refractivity contribution in [1.29, 1.82) is 0 Å². The van der Waals surface area contributed by atoms with E-state index in [4.69, 9.17) is 4.98 Å². The van der Waals surface area contributed by atoms with Gasteiger partial charge in [-0.1, -0.05) is 6.07 Å². The van der Waals surface area contributed by atoms with Crippen LogP contribution in [-0.2, 0) is 6.54 Å². The zero-order valence-corrected chi connectivity index (χ0v) is 18.2. The molecule has 1 aromatic carbocycles. The van der Waals surface area contributed by atoms with Gasteiger partial charge in [0.1, 0.15) is 5.82 Å². The Labute approximate surface area is 181 Å². The molecule has 0 spiro atoms. The maximum absolute atomic E-state index is 10.2. The summed E-state index contributed by atoms with van der Waals surface area (Å²) in [6.45, 7) is 8.14. The number of nitrogens with zero attached hydrogens (tertiary/aromatic N) is 4. The Hall–Kier alpha value is -3.03. The van der Waals surface area contributed by atoms with Gasteiger partial charge in [0.05, 0.1) is 29.6 Å². The standard InChI is InChI=1S/C24H28N6O/c1-15-18(4-5-21-20(15)13-28-30(21)14-24(2,3)31)23-19-10-22(29-17-7-8-25-12-17)27-11-16(19)6-9-26-23/h4-6,9-11,13,17,25,31H,7-8,12,14H2,1-3H3,(H,27,29)/t17-/m1/s1. The van der Waals surface area contributed by atoms with Gasteiger partial charge in [-0.05, 0) is 57.5 Å². The van der Waals surface area contributed by atoms with E-state index in [0.29, 0.717) is 12.6 Å². The van der Waals surface area contributed by atoms with E-state index in [0.717, 1.165) is 63.8 Å². The third-order valence-electron chi connectivity index (χ3n) is 5.95. The summed E-state index contributed by atoms with van der Waals surface area (Å²) in [6.07, 6.45) is 6.74. The van der Waals surface area contributed by atoms with Crippen LogP contribution in [0.15, 0.2) is 42.9 Å². The van der Waals surface area contributed by atoms with Crippen LogP contribution in [0, 0.1) is 6.92 Å². The zero-order valence-electron chi connectivity index (χ0n) is 18.2. The molecule has 7 nitrogen and oxygen atoms in total. The van der Waals surface area contributed by atoms with Crippen LogP contribution in [0.3, 0.4) is 0 Å². The van der Waals surface area contributed by atoms with E-state index in [-0.39, 0.29) is 0 Å². The minimum absolute atomic E-state index is 0.407. The summed E-state index contributed by atoms with van der Waals surface area (Å²) < 4.78 is 1.87. The number of nitrogens with one attached hydrogen (secondary N) is 2. The summed E-state index contributed by atoms with van der Waals surface area (Å²) in [7, 11) is 0. The molecular formula is C24H28N6O. The minimum Gasteiger partial charge on any atom is -0.389 e. The summed E-state index contributed by atoms with van der Waals surface area (Å²) in [4.78, 5) is 9.36. The highest BCUT2D eigenvalue weighted by molar-refractivity contribution is 5.99. The average Bonchev–Trinajstić information content (AvgIpc) is 3.37. The molecule has 0 radical (unpaired) electrons. The van der Waals surface area contributed by atoms with Crippen LogP contribution < -0.4 is 10.6 Å².